The predicted octanol–water partition coefficient (Wildman–Crippen LogP) is 8.18. The Morgan fingerprint density at radius 3 is 1.96 bits per heavy atom. The molecule has 0 radical (unpaired) electrons. The molecule has 0 saturated carbocycles. The Hall–Kier alpha value is -0.133. The first-order valence-electron chi connectivity index (χ1n) is 10.0. The average Bonchev–Trinajstić information content (AvgIpc) is 2.57. The lowest BCUT2D eigenvalue weighted by Crippen LogP contribution is -2.37. The van der Waals surface area contributed by atoms with Crippen LogP contribution in [-0.4, -0.2) is 20.5 Å². The lowest BCUT2D eigenvalue weighted by atomic mass is 10.0. The summed E-state index contributed by atoms with van der Waals surface area (Å²) in [5.74, 6) is -0.420. The number of ether oxygens (including phenoxy) is 1. The van der Waals surface area contributed by atoms with Gasteiger partial charge in [0, 0.05) is 12.2 Å². The molecule has 156 valence electrons. The fourth-order valence-corrected chi connectivity index (χ4v) is 6.78. The number of halogens is 3. The largest absolute Gasteiger partial charge is 0.410 e. The Labute approximate surface area is 175 Å². The molecule has 0 N–H and O–H groups in total. The first-order valence-corrected chi connectivity index (χ1v) is 13.3. The maximum Gasteiger partial charge on any atom is 0.192 e. The fourth-order valence-electron chi connectivity index (χ4n) is 3.24. The van der Waals surface area contributed by atoms with E-state index in [0.717, 1.165) is 43.0 Å². The highest BCUT2D eigenvalue weighted by molar-refractivity contribution is 6.73. The monoisotopic (exact) mass is 436 g/mol. The van der Waals surface area contributed by atoms with E-state index in [-0.39, 0.29) is 11.7 Å². The van der Waals surface area contributed by atoms with Crippen molar-refractivity contribution in [1.82, 2.24) is 0 Å². The summed E-state index contributed by atoms with van der Waals surface area (Å²) in [4.78, 5) is 0. The summed E-state index contributed by atoms with van der Waals surface area (Å²) >= 11 is 12.7. The molecule has 0 aliphatic rings. The number of unbranched alkanes of at least 4 members (excludes halogenated alkanes) is 1. The summed E-state index contributed by atoms with van der Waals surface area (Å²) in [5.41, 5.74) is 0.595. The molecule has 0 aliphatic carbocycles. The van der Waals surface area contributed by atoms with Crippen LogP contribution in [0.4, 0.5) is 4.39 Å². The molecular formula is C21H35Cl2FO2Si. The second-order valence-electron chi connectivity index (χ2n) is 8.09. The van der Waals surface area contributed by atoms with Crippen molar-refractivity contribution in [1.29, 1.82) is 0 Å². The summed E-state index contributed by atoms with van der Waals surface area (Å²) in [7, 11) is -1.86. The van der Waals surface area contributed by atoms with Crippen molar-refractivity contribution in [3.63, 3.8) is 0 Å². The summed E-state index contributed by atoms with van der Waals surface area (Å²) in [6.07, 6.45) is 2.47. The van der Waals surface area contributed by atoms with E-state index in [2.05, 4.69) is 41.5 Å². The van der Waals surface area contributed by atoms with E-state index < -0.39 is 14.1 Å². The minimum absolute atomic E-state index is 0.131. The van der Waals surface area contributed by atoms with Gasteiger partial charge >= 0.3 is 0 Å². The van der Waals surface area contributed by atoms with Crippen molar-refractivity contribution in [2.45, 2.75) is 90.6 Å². The minimum Gasteiger partial charge on any atom is -0.410 e. The molecule has 0 heterocycles. The Kier molecular flexibility index (Phi) is 10.3. The van der Waals surface area contributed by atoms with Crippen molar-refractivity contribution in [2.24, 2.45) is 0 Å². The van der Waals surface area contributed by atoms with Crippen LogP contribution in [0.25, 0.3) is 0 Å². The SMILES string of the molecule is CC[Si](CC)(CC)OC(CCCCOC(C)(C)C)c1c(Cl)cc(F)cc1Cl. The lowest BCUT2D eigenvalue weighted by molar-refractivity contribution is -0.00555. The third-order valence-corrected chi connectivity index (χ3v) is 10.4. The number of rotatable bonds is 11. The van der Waals surface area contributed by atoms with Crippen LogP contribution in [-0.2, 0) is 9.16 Å². The Morgan fingerprint density at radius 2 is 1.52 bits per heavy atom. The van der Waals surface area contributed by atoms with Gasteiger partial charge in [-0.05, 0) is 70.3 Å². The summed E-state index contributed by atoms with van der Waals surface area (Å²) < 4.78 is 26.2. The highest BCUT2D eigenvalue weighted by Crippen LogP contribution is 2.39. The van der Waals surface area contributed by atoms with Gasteiger partial charge in [-0.2, -0.15) is 0 Å². The molecule has 0 fully saturated rings. The van der Waals surface area contributed by atoms with Gasteiger partial charge in [-0.3, -0.25) is 0 Å². The number of benzene rings is 1. The molecule has 1 atom stereocenters. The molecule has 6 heteroatoms. The zero-order valence-corrected chi connectivity index (χ0v) is 20.1. The van der Waals surface area contributed by atoms with Gasteiger partial charge in [0.2, 0.25) is 0 Å². The van der Waals surface area contributed by atoms with E-state index in [1.54, 1.807) is 0 Å². The van der Waals surface area contributed by atoms with Crippen LogP contribution in [0.3, 0.4) is 0 Å². The second kappa shape index (κ2) is 11.2. The third kappa shape index (κ3) is 8.02. The van der Waals surface area contributed by atoms with E-state index in [4.69, 9.17) is 32.4 Å². The first-order chi connectivity index (χ1) is 12.6. The molecule has 0 saturated heterocycles. The highest BCUT2D eigenvalue weighted by Gasteiger charge is 2.34. The van der Waals surface area contributed by atoms with Crippen LogP contribution >= 0.6 is 23.2 Å². The van der Waals surface area contributed by atoms with Crippen LogP contribution in [0.5, 0.6) is 0 Å². The van der Waals surface area contributed by atoms with Gasteiger partial charge in [0.15, 0.2) is 8.32 Å². The zero-order valence-electron chi connectivity index (χ0n) is 17.6. The Bertz CT molecular complexity index is 555. The summed E-state index contributed by atoms with van der Waals surface area (Å²) in [6, 6.07) is 5.78. The molecule has 1 unspecified atom stereocenters. The number of hydrogen-bond acceptors (Lipinski definition) is 2. The van der Waals surface area contributed by atoms with Gasteiger partial charge < -0.3 is 9.16 Å². The maximum absolute atomic E-state index is 13.7. The third-order valence-electron chi connectivity index (χ3n) is 5.09. The molecule has 2 nitrogen and oxygen atoms in total. The zero-order chi connectivity index (χ0) is 20.7. The van der Waals surface area contributed by atoms with Crippen LogP contribution in [0, 0.1) is 5.82 Å². The molecule has 0 amide bonds. The van der Waals surface area contributed by atoms with Crippen LogP contribution in [0.1, 0.15) is 72.5 Å². The topological polar surface area (TPSA) is 18.5 Å². The highest BCUT2D eigenvalue weighted by atomic mass is 35.5. The molecule has 1 rings (SSSR count). The van der Waals surface area contributed by atoms with Crippen LogP contribution in [0.2, 0.25) is 28.2 Å². The first kappa shape index (κ1) is 24.9. The molecule has 1 aromatic carbocycles. The van der Waals surface area contributed by atoms with Crippen molar-refractivity contribution in [2.75, 3.05) is 6.61 Å². The Morgan fingerprint density at radius 1 is 1.00 bits per heavy atom. The van der Waals surface area contributed by atoms with Crippen molar-refractivity contribution < 1.29 is 13.6 Å². The quantitative estimate of drug-likeness (QED) is 0.257. The maximum atomic E-state index is 13.7. The van der Waals surface area contributed by atoms with Crippen LogP contribution < -0.4 is 0 Å². The summed E-state index contributed by atoms with van der Waals surface area (Å²) in [5, 5.41) is 0.698. The van der Waals surface area contributed by atoms with E-state index >= 15 is 0 Å². The standard InChI is InChI=1S/C21H35Cl2FO2Si/c1-7-27(8-2,9-3)26-19(12-10-11-13-25-21(4,5)6)20-17(22)14-16(24)15-18(20)23/h14-15,19H,7-13H2,1-6H3. The average molecular weight is 437 g/mol. The smallest absolute Gasteiger partial charge is 0.192 e. The van der Waals surface area contributed by atoms with Crippen molar-refractivity contribution in [3.05, 3.63) is 33.6 Å². The second-order valence-corrected chi connectivity index (χ2v) is 13.6. The summed E-state index contributed by atoms with van der Waals surface area (Å²) in [6.45, 7) is 13.5. The normalized spacial score (nSPS) is 13.8. The molecule has 0 aromatic heterocycles. The van der Waals surface area contributed by atoms with Gasteiger partial charge in [-0.1, -0.05) is 44.0 Å². The van der Waals surface area contributed by atoms with Crippen LogP contribution in [0.15, 0.2) is 12.1 Å². The minimum atomic E-state index is -1.86. The van der Waals surface area contributed by atoms with E-state index in [0.29, 0.717) is 16.7 Å². The van der Waals surface area contributed by atoms with Gasteiger partial charge in [-0.15, -0.1) is 0 Å². The molecule has 0 bridgehead atoms. The molecule has 0 aliphatic heterocycles. The lowest BCUT2D eigenvalue weighted by Gasteiger charge is -2.34. The van der Waals surface area contributed by atoms with E-state index in [1.807, 2.05) is 0 Å². The molecule has 27 heavy (non-hydrogen) atoms. The fraction of sp³-hybridized carbons (Fsp3) is 0.714. The predicted molar refractivity (Wildman–Crippen MR) is 117 cm³/mol. The van der Waals surface area contributed by atoms with E-state index in [9.17, 15) is 4.39 Å². The van der Waals surface area contributed by atoms with Crippen molar-refractivity contribution in [3.8, 4) is 0 Å². The molecular weight excluding hydrogens is 402 g/mol. The van der Waals surface area contributed by atoms with Gasteiger partial charge in [0.25, 0.3) is 0 Å². The van der Waals surface area contributed by atoms with Gasteiger partial charge in [0.1, 0.15) is 5.82 Å². The van der Waals surface area contributed by atoms with Gasteiger partial charge in [0.05, 0.1) is 21.8 Å². The van der Waals surface area contributed by atoms with Gasteiger partial charge in [-0.25, -0.2) is 4.39 Å². The Balaban J connectivity index is 2.97. The number of hydrogen-bond donors (Lipinski definition) is 0. The molecule has 1 aromatic rings. The van der Waals surface area contributed by atoms with Crippen molar-refractivity contribution >= 4 is 31.5 Å². The van der Waals surface area contributed by atoms with E-state index in [1.165, 1.54) is 12.1 Å². The molecule has 0 spiro atoms.